The number of hydrogen-bond donors (Lipinski definition) is 1. The van der Waals surface area contributed by atoms with Gasteiger partial charge >= 0.3 is 0 Å². The first kappa shape index (κ1) is 31.2. The van der Waals surface area contributed by atoms with Gasteiger partial charge in [0.05, 0.1) is 16.6 Å². The Hall–Kier alpha value is -5.55. The van der Waals surface area contributed by atoms with Gasteiger partial charge in [-0.15, -0.1) is 0 Å². The molecule has 1 aliphatic heterocycles. The maximum absolute atomic E-state index is 5.19. The number of anilines is 2. The number of rotatable bonds is 4. The minimum Gasteiger partial charge on any atom is -0.355 e. The molecule has 0 spiro atoms. The molecule has 4 nitrogen and oxygen atoms in total. The standard InChI is InChI=1S/C47H43BN4/c1-28-24-33(31-16-10-12-18-37(31)49-30-20-21-34-35(25-30)47(4,5)23-22-46(34,2)3)43-44-42(28)32-17-11-13-19-39(32)52(44)40-27-41-38(26-36(40)48-43)50-45(51(41)6)29-14-8-7-9-15-29/h7-21,24-27,48-49H,22-23H2,1-6H3. The lowest BCUT2D eigenvalue weighted by Crippen LogP contribution is -2.37. The molecular weight excluding hydrogens is 631 g/mol. The SMILES string of the molecule is Cc1cc(-c2ccccc2Nc2ccc3c(c2)C(C)(C)CCC3(C)C)c2c3c1c1ccccc1n3-c1cc3c(cc1B2)nc(-c1ccccc1)n3C. The molecule has 0 saturated carbocycles. The molecule has 6 aromatic carbocycles. The van der Waals surface area contributed by atoms with E-state index in [-0.39, 0.29) is 10.8 Å². The normalized spacial score (nSPS) is 15.4. The first-order valence-corrected chi connectivity index (χ1v) is 18.7. The van der Waals surface area contributed by atoms with E-state index in [4.69, 9.17) is 4.98 Å². The third kappa shape index (κ3) is 4.51. The fraction of sp³-hybridized carbons (Fsp3) is 0.213. The first-order valence-electron chi connectivity index (χ1n) is 18.7. The maximum atomic E-state index is 5.19. The first-order chi connectivity index (χ1) is 25.1. The minimum absolute atomic E-state index is 0.149. The number of fused-ring (bicyclic) bond motifs is 7. The lowest BCUT2D eigenvalue weighted by atomic mass is 9.58. The molecular formula is C47H43BN4. The van der Waals surface area contributed by atoms with Crippen LogP contribution >= 0.6 is 0 Å². The van der Waals surface area contributed by atoms with Crippen molar-refractivity contribution in [2.24, 2.45) is 7.05 Å². The average molecular weight is 675 g/mol. The largest absolute Gasteiger partial charge is 0.355 e. The van der Waals surface area contributed by atoms with Gasteiger partial charge in [-0.05, 0) is 94.7 Å². The Morgan fingerprint density at radius 3 is 2.27 bits per heavy atom. The molecule has 5 heteroatoms. The van der Waals surface area contributed by atoms with Crippen LogP contribution in [0, 0.1) is 6.92 Å². The second-order valence-corrected chi connectivity index (χ2v) is 16.5. The Kier molecular flexibility index (Phi) is 6.59. The second kappa shape index (κ2) is 11.0. The number of nitrogens with one attached hydrogen (secondary N) is 1. The Morgan fingerprint density at radius 2 is 1.44 bits per heavy atom. The molecule has 0 amide bonds. The molecule has 1 N–H and O–H groups in total. The molecule has 1 aliphatic carbocycles. The number of nitrogens with zero attached hydrogens (tertiary/aromatic N) is 3. The van der Waals surface area contributed by atoms with Crippen molar-refractivity contribution in [3.63, 3.8) is 0 Å². The van der Waals surface area contributed by atoms with Gasteiger partial charge in [0.25, 0.3) is 0 Å². The number of aromatic nitrogens is 3. The third-order valence-corrected chi connectivity index (χ3v) is 12.3. The van der Waals surface area contributed by atoms with Crippen LogP contribution in [0.5, 0.6) is 0 Å². The third-order valence-electron chi connectivity index (χ3n) is 12.3. The molecule has 0 radical (unpaired) electrons. The van der Waals surface area contributed by atoms with Gasteiger partial charge in [0.15, 0.2) is 7.28 Å². The Bertz CT molecular complexity index is 2760. The second-order valence-electron chi connectivity index (χ2n) is 16.5. The smallest absolute Gasteiger partial charge is 0.198 e. The zero-order chi connectivity index (χ0) is 35.5. The average Bonchev–Trinajstić information content (AvgIpc) is 3.67. The zero-order valence-electron chi connectivity index (χ0n) is 30.9. The molecule has 0 bridgehead atoms. The summed E-state index contributed by atoms with van der Waals surface area (Å²) in [6, 6.07) is 42.5. The topological polar surface area (TPSA) is 34.8 Å². The summed E-state index contributed by atoms with van der Waals surface area (Å²) in [7, 11) is 2.97. The van der Waals surface area contributed by atoms with Gasteiger partial charge in [0.1, 0.15) is 5.82 Å². The van der Waals surface area contributed by atoms with Gasteiger partial charge in [-0.25, -0.2) is 4.98 Å². The van der Waals surface area contributed by atoms with Crippen molar-refractivity contribution in [2.45, 2.75) is 58.3 Å². The summed E-state index contributed by atoms with van der Waals surface area (Å²) in [4.78, 5) is 5.19. The number of imidazole rings is 1. The summed E-state index contributed by atoms with van der Waals surface area (Å²) < 4.78 is 4.78. The molecule has 0 unspecified atom stereocenters. The van der Waals surface area contributed by atoms with Crippen molar-refractivity contribution in [3.8, 4) is 28.2 Å². The van der Waals surface area contributed by atoms with Crippen molar-refractivity contribution in [1.82, 2.24) is 14.1 Å². The van der Waals surface area contributed by atoms with Crippen LogP contribution in [-0.2, 0) is 17.9 Å². The van der Waals surface area contributed by atoms with Crippen LogP contribution in [0.2, 0.25) is 0 Å². The summed E-state index contributed by atoms with van der Waals surface area (Å²) in [6.07, 6.45) is 2.41. The Balaban J connectivity index is 1.17. The fourth-order valence-electron chi connectivity index (χ4n) is 9.40. The highest BCUT2D eigenvalue weighted by Crippen LogP contribution is 2.47. The van der Waals surface area contributed by atoms with Crippen LogP contribution in [0.4, 0.5) is 11.4 Å². The highest BCUT2D eigenvalue weighted by molar-refractivity contribution is 6.73. The molecule has 0 fully saturated rings. The Labute approximate surface area is 306 Å². The van der Waals surface area contributed by atoms with E-state index in [1.807, 2.05) is 0 Å². The predicted molar refractivity (Wildman–Crippen MR) is 222 cm³/mol. The molecule has 254 valence electrons. The summed E-state index contributed by atoms with van der Waals surface area (Å²) in [5.41, 5.74) is 19.2. The van der Waals surface area contributed by atoms with E-state index in [0.29, 0.717) is 0 Å². The van der Waals surface area contributed by atoms with Crippen molar-refractivity contribution in [3.05, 3.63) is 132 Å². The van der Waals surface area contributed by atoms with E-state index in [1.165, 1.54) is 79.1 Å². The monoisotopic (exact) mass is 674 g/mol. The van der Waals surface area contributed by atoms with Crippen molar-refractivity contribution >= 4 is 62.4 Å². The van der Waals surface area contributed by atoms with Crippen LogP contribution in [0.15, 0.2) is 115 Å². The maximum Gasteiger partial charge on any atom is 0.198 e. The van der Waals surface area contributed by atoms with Gasteiger partial charge in [0.2, 0.25) is 0 Å². The van der Waals surface area contributed by atoms with Gasteiger partial charge in [-0.1, -0.05) is 112 Å². The lowest BCUT2D eigenvalue weighted by Gasteiger charge is -2.42. The minimum atomic E-state index is 0.149. The van der Waals surface area contributed by atoms with Gasteiger partial charge in [-0.2, -0.15) is 0 Å². The lowest BCUT2D eigenvalue weighted by molar-refractivity contribution is 0.332. The molecule has 2 aliphatic rings. The van der Waals surface area contributed by atoms with Crippen LogP contribution in [0.3, 0.4) is 0 Å². The van der Waals surface area contributed by atoms with Crippen LogP contribution < -0.4 is 16.2 Å². The van der Waals surface area contributed by atoms with Crippen molar-refractivity contribution in [1.29, 1.82) is 0 Å². The van der Waals surface area contributed by atoms with Gasteiger partial charge < -0.3 is 14.5 Å². The summed E-state index contributed by atoms with van der Waals surface area (Å²) in [5.74, 6) is 0.989. The van der Waals surface area contributed by atoms with E-state index in [9.17, 15) is 0 Å². The van der Waals surface area contributed by atoms with Gasteiger partial charge in [-0.3, -0.25) is 0 Å². The predicted octanol–water partition coefficient (Wildman–Crippen LogP) is 10.1. The van der Waals surface area contributed by atoms with E-state index in [0.717, 1.165) is 41.1 Å². The molecule has 52 heavy (non-hydrogen) atoms. The summed E-state index contributed by atoms with van der Waals surface area (Å²) in [6.45, 7) is 11.9. The molecule has 2 aromatic heterocycles. The van der Waals surface area contributed by atoms with E-state index in [1.54, 1.807) is 0 Å². The van der Waals surface area contributed by atoms with Crippen LogP contribution in [0.25, 0.3) is 61.0 Å². The van der Waals surface area contributed by atoms with Crippen LogP contribution in [-0.4, -0.2) is 21.4 Å². The van der Waals surface area contributed by atoms with Crippen molar-refractivity contribution in [2.75, 3.05) is 5.32 Å². The van der Waals surface area contributed by atoms with Gasteiger partial charge in [0, 0.05) is 51.5 Å². The molecule has 3 heterocycles. The molecule has 8 aromatic rings. The molecule has 0 saturated heterocycles. The number of para-hydroxylation sites is 2. The van der Waals surface area contributed by atoms with Crippen LogP contribution in [0.1, 0.15) is 57.2 Å². The quantitative estimate of drug-likeness (QED) is 0.189. The van der Waals surface area contributed by atoms with Crippen molar-refractivity contribution < 1.29 is 0 Å². The Morgan fingerprint density at radius 1 is 0.712 bits per heavy atom. The number of hydrogen-bond acceptors (Lipinski definition) is 2. The summed E-state index contributed by atoms with van der Waals surface area (Å²) in [5, 5.41) is 6.56. The summed E-state index contributed by atoms with van der Waals surface area (Å²) >= 11 is 0. The number of benzene rings is 6. The molecule has 10 rings (SSSR count). The highest BCUT2D eigenvalue weighted by atomic mass is 15.1. The highest BCUT2D eigenvalue weighted by Gasteiger charge is 2.37. The molecule has 0 atom stereocenters. The van der Waals surface area contributed by atoms with E-state index in [2.05, 4.69) is 171 Å². The number of aryl methyl sites for hydroxylation is 2. The fourth-order valence-corrected chi connectivity index (χ4v) is 9.40. The van der Waals surface area contributed by atoms with E-state index >= 15 is 0 Å². The zero-order valence-corrected chi connectivity index (χ0v) is 30.9. The van der Waals surface area contributed by atoms with E-state index < -0.39 is 0 Å².